The Hall–Kier alpha value is -2.01. The van der Waals surface area contributed by atoms with E-state index in [9.17, 15) is 4.79 Å². The van der Waals surface area contributed by atoms with Crippen molar-refractivity contribution in [1.29, 1.82) is 0 Å². The fourth-order valence-corrected chi connectivity index (χ4v) is 2.93. The molecule has 0 bridgehead atoms. The predicted molar refractivity (Wildman–Crippen MR) is 100 cm³/mol. The second-order valence-corrected chi connectivity index (χ2v) is 7.57. The molecule has 1 unspecified atom stereocenters. The van der Waals surface area contributed by atoms with Gasteiger partial charge in [0.2, 0.25) is 0 Å². The van der Waals surface area contributed by atoms with Gasteiger partial charge >= 0.3 is 6.03 Å². The number of halogens is 1. The molecule has 0 fully saturated rings. The molecule has 0 aliphatic rings. The maximum Gasteiger partial charge on any atom is 0.315 e. The van der Waals surface area contributed by atoms with Gasteiger partial charge in [-0.25, -0.2) is 4.79 Å². The molecule has 0 aliphatic carbocycles. The molecule has 0 radical (unpaired) electrons. The van der Waals surface area contributed by atoms with Crippen LogP contribution in [-0.2, 0) is 11.8 Å². The van der Waals surface area contributed by atoms with E-state index in [1.54, 1.807) is 0 Å². The molecule has 25 heavy (non-hydrogen) atoms. The number of nitrogens with one attached hydrogen (secondary N) is 2. The Balaban J connectivity index is 1.87. The summed E-state index contributed by atoms with van der Waals surface area (Å²) in [6.45, 7) is 10.4. The third kappa shape index (κ3) is 5.23. The van der Waals surface area contributed by atoms with Crippen LogP contribution in [-0.4, -0.2) is 23.8 Å². The van der Waals surface area contributed by atoms with Gasteiger partial charge in [0.1, 0.15) is 5.76 Å². The van der Waals surface area contributed by atoms with Crippen molar-refractivity contribution < 1.29 is 9.32 Å². The van der Waals surface area contributed by atoms with E-state index in [1.165, 1.54) is 0 Å². The molecule has 6 heteroatoms. The zero-order valence-electron chi connectivity index (χ0n) is 15.4. The van der Waals surface area contributed by atoms with Gasteiger partial charge in [0.05, 0.1) is 5.69 Å². The molecular weight excluding hydrogens is 338 g/mol. The minimum atomic E-state index is -0.215. The number of aromatic nitrogens is 1. The number of amides is 2. The fraction of sp³-hybridized carbons (Fsp3) is 0.474. The van der Waals surface area contributed by atoms with Gasteiger partial charge < -0.3 is 15.2 Å². The summed E-state index contributed by atoms with van der Waals surface area (Å²) in [5.41, 5.74) is 2.79. The van der Waals surface area contributed by atoms with Crippen molar-refractivity contribution in [3.63, 3.8) is 0 Å². The third-order valence-corrected chi connectivity index (χ3v) is 4.60. The molecule has 2 aromatic rings. The second kappa shape index (κ2) is 7.91. The van der Waals surface area contributed by atoms with Gasteiger partial charge in [-0.15, -0.1) is 0 Å². The molecule has 1 aromatic heterocycles. The number of aryl methyl sites for hydroxylation is 2. The van der Waals surface area contributed by atoms with E-state index >= 15 is 0 Å². The van der Waals surface area contributed by atoms with Gasteiger partial charge in [-0.3, -0.25) is 0 Å². The summed E-state index contributed by atoms with van der Waals surface area (Å²) in [4.78, 5) is 12.2. The highest BCUT2D eigenvalue weighted by Gasteiger charge is 2.22. The van der Waals surface area contributed by atoms with Crippen LogP contribution in [0.2, 0.25) is 5.02 Å². The predicted octanol–water partition coefficient (Wildman–Crippen LogP) is 4.15. The van der Waals surface area contributed by atoms with Crippen molar-refractivity contribution in [3.05, 3.63) is 51.9 Å². The summed E-state index contributed by atoms with van der Waals surface area (Å²) in [6, 6.07) is 7.51. The smallest absolute Gasteiger partial charge is 0.315 e. The highest BCUT2D eigenvalue weighted by molar-refractivity contribution is 6.30. The molecular formula is C19H26ClN3O2. The molecule has 0 spiro atoms. The van der Waals surface area contributed by atoms with Crippen molar-refractivity contribution in [2.45, 2.75) is 52.5 Å². The zero-order valence-corrected chi connectivity index (χ0v) is 16.2. The molecule has 0 saturated heterocycles. The van der Waals surface area contributed by atoms with Crippen LogP contribution < -0.4 is 10.6 Å². The van der Waals surface area contributed by atoms with E-state index in [0.29, 0.717) is 18.0 Å². The Labute approximate surface area is 154 Å². The molecule has 0 saturated carbocycles. The molecule has 2 rings (SSSR count). The first-order valence-corrected chi connectivity index (χ1v) is 8.79. The Morgan fingerprint density at radius 2 is 2.08 bits per heavy atom. The number of carbonyl (C=O) groups excluding carboxylic acids is 1. The van der Waals surface area contributed by atoms with Gasteiger partial charge in [-0.1, -0.05) is 42.7 Å². The minimum Gasteiger partial charge on any atom is -0.361 e. The molecule has 5 nitrogen and oxygen atoms in total. The molecule has 136 valence electrons. The van der Waals surface area contributed by atoms with Crippen LogP contribution in [0.4, 0.5) is 4.79 Å². The number of carbonyl (C=O) groups is 1. The van der Waals surface area contributed by atoms with Crippen LogP contribution in [0.25, 0.3) is 0 Å². The zero-order chi connectivity index (χ0) is 18.6. The first-order valence-electron chi connectivity index (χ1n) is 8.41. The SMILES string of the molecule is Cc1noc(C)c1CC(C)NC(=O)NCC(C)(C)c1cccc(Cl)c1. The number of urea groups is 1. The average molecular weight is 364 g/mol. The van der Waals surface area contributed by atoms with E-state index in [-0.39, 0.29) is 17.5 Å². The van der Waals surface area contributed by atoms with E-state index < -0.39 is 0 Å². The molecule has 1 atom stereocenters. The second-order valence-electron chi connectivity index (χ2n) is 7.13. The molecule has 2 amide bonds. The van der Waals surface area contributed by atoms with E-state index in [0.717, 1.165) is 22.6 Å². The van der Waals surface area contributed by atoms with Crippen molar-refractivity contribution in [1.82, 2.24) is 15.8 Å². The van der Waals surface area contributed by atoms with Crippen LogP contribution in [0.5, 0.6) is 0 Å². The van der Waals surface area contributed by atoms with Crippen molar-refractivity contribution in [3.8, 4) is 0 Å². The van der Waals surface area contributed by atoms with Gasteiger partial charge in [0.15, 0.2) is 0 Å². The lowest BCUT2D eigenvalue weighted by molar-refractivity contribution is 0.235. The largest absolute Gasteiger partial charge is 0.361 e. The van der Waals surface area contributed by atoms with E-state index in [1.807, 2.05) is 45.0 Å². The van der Waals surface area contributed by atoms with Gasteiger partial charge in [-0.2, -0.15) is 0 Å². The summed E-state index contributed by atoms with van der Waals surface area (Å²) >= 11 is 6.06. The fourth-order valence-electron chi connectivity index (χ4n) is 2.74. The quantitative estimate of drug-likeness (QED) is 0.810. The maximum atomic E-state index is 12.2. The van der Waals surface area contributed by atoms with Gasteiger partial charge in [-0.05, 0) is 44.9 Å². The monoisotopic (exact) mass is 363 g/mol. The Kier molecular flexibility index (Phi) is 6.11. The first kappa shape index (κ1) is 19.3. The van der Waals surface area contributed by atoms with Crippen molar-refractivity contribution in [2.24, 2.45) is 0 Å². The number of nitrogens with zero attached hydrogens (tertiary/aromatic N) is 1. The summed E-state index contributed by atoms with van der Waals surface area (Å²) < 4.78 is 5.16. The van der Waals surface area contributed by atoms with Crippen molar-refractivity contribution >= 4 is 17.6 Å². The summed E-state index contributed by atoms with van der Waals surface area (Å²) in [6.07, 6.45) is 0.687. The number of benzene rings is 1. The van der Waals surface area contributed by atoms with Crippen LogP contribution >= 0.6 is 11.6 Å². The molecule has 1 heterocycles. The van der Waals surface area contributed by atoms with Gasteiger partial charge in [0.25, 0.3) is 0 Å². The molecule has 0 aliphatic heterocycles. The number of rotatable bonds is 6. The first-order chi connectivity index (χ1) is 11.7. The third-order valence-electron chi connectivity index (χ3n) is 4.37. The Bertz CT molecular complexity index is 721. The van der Waals surface area contributed by atoms with Crippen LogP contribution in [0.1, 0.15) is 43.4 Å². The molecule has 1 aromatic carbocycles. The molecule has 2 N–H and O–H groups in total. The Morgan fingerprint density at radius 1 is 1.36 bits per heavy atom. The highest BCUT2D eigenvalue weighted by atomic mass is 35.5. The number of hydrogen-bond donors (Lipinski definition) is 2. The summed E-state index contributed by atoms with van der Waals surface area (Å²) in [7, 11) is 0. The lowest BCUT2D eigenvalue weighted by Gasteiger charge is -2.26. The highest BCUT2D eigenvalue weighted by Crippen LogP contribution is 2.24. The maximum absolute atomic E-state index is 12.2. The van der Waals surface area contributed by atoms with Crippen LogP contribution in [0, 0.1) is 13.8 Å². The lowest BCUT2D eigenvalue weighted by atomic mass is 9.85. The topological polar surface area (TPSA) is 67.2 Å². The van der Waals surface area contributed by atoms with Crippen LogP contribution in [0.15, 0.2) is 28.8 Å². The normalized spacial score (nSPS) is 12.7. The van der Waals surface area contributed by atoms with E-state index in [2.05, 4.69) is 29.6 Å². The van der Waals surface area contributed by atoms with Crippen LogP contribution in [0.3, 0.4) is 0 Å². The van der Waals surface area contributed by atoms with Gasteiger partial charge in [0, 0.05) is 28.6 Å². The lowest BCUT2D eigenvalue weighted by Crippen LogP contribution is -2.45. The minimum absolute atomic E-state index is 0.0221. The summed E-state index contributed by atoms with van der Waals surface area (Å²) in [5, 5.41) is 10.6. The van der Waals surface area contributed by atoms with Crippen molar-refractivity contribution in [2.75, 3.05) is 6.54 Å². The average Bonchev–Trinajstić information content (AvgIpc) is 2.85. The summed E-state index contributed by atoms with van der Waals surface area (Å²) in [5.74, 6) is 0.800. The standard InChI is InChI=1S/C19H26ClN3O2/c1-12(9-17-13(2)23-25-14(17)3)22-18(24)21-11-19(4,5)15-7-6-8-16(20)10-15/h6-8,10,12H,9,11H2,1-5H3,(H2,21,22,24). The Morgan fingerprint density at radius 3 is 2.68 bits per heavy atom. The van der Waals surface area contributed by atoms with E-state index in [4.69, 9.17) is 16.1 Å². The number of hydrogen-bond acceptors (Lipinski definition) is 3.